The van der Waals surface area contributed by atoms with Gasteiger partial charge in [0.2, 0.25) is 5.91 Å². The number of carbonyl (C=O) groups is 2. The van der Waals surface area contributed by atoms with Crippen LogP contribution < -0.4 is 0 Å². The molecule has 0 radical (unpaired) electrons. The smallest absolute Gasteiger partial charge is 0.409 e. The van der Waals surface area contributed by atoms with Crippen molar-refractivity contribution >= 4 is 12.0 Å². The van der Waals surface area contributed by atoms with Crippen LogP contribution in [0.25, 0.3) is 0 Å². The van der Waals surface area contributed by atoms with Crippen molar-refractivity contribution in [2.24, 2.45) is 5.41 Å². The van der Waals surface area contributed by atoms with Crippen molar-refractivity contribution in [3.05, 3.63) is 0 Å². The van der Waals surface area contributed by atoms with Gasteiger partial charge in [-0.25, -0.2) is 13.6 Å². The van der Waals surface area contributed by atoms with Gasteiger partial charge in [0, 0.05) is 64.1 Å². The monoisotopic (exact) mass is 413 g/mol. The molecule has 0 bridgehead atoms. The molecule has 2 aliphatic carbocycles. The van der Waals surface area contributed by atoms with E-state index in [1.807, 2.05) is 11.8 Å². The summed E-state index contributed by atoms with van der Waals surface area (Å²) in [7, 11) is 0. The highest BCUT2D eigenvalue weighted by atomic mass is 19.3. The Labute approximate surface area is 171 Å². The van der Waals surface area contributed by atoms with E-state index in [9.17, 15) is 18.4 Å². The fourth-order valence-electron chi connectivity index (χ4n) is 6.00. The first-order chi connectivity index (χ1) is 13.7. The Balaban J connectivity index is 1.24. The summed E-state index contributed by atoms with van der Waals surface area (Å²) in [6, 6.07) is 0.333. The lowest BCUT2D eigenvalue weighted by molar-refractivity contribution is -0.159. The number of hydrogen-bond donors (Lipinski definition) is 0. The first-order valence-electron chi connectivity index (χ1n) is 11.0. The molecule has 164 valence electrons. The molecule has 2 saturated heterocycles. The summed E-state index contributed by atoms with van der Waals surface area (Å²) in [5, 5.41) is 0. The lowest BCUT2D eigenvalue weighted by Crippen LogP contribution is -2.60. The Kier molecular flexibility index (Phi) is 5.51. The minimum atomic E-state index is -2.60. The molecule has 0 aromatic carbocycles. The molecule has 4 aliphatic rings. The molecule has 0 unspecified atom stereocenters. The summed E-state index contributed by atoms with van der Waals surface area (Å²) in [4.78, 5) is 30.1. The van der Waals surface area contributed by atoms with Gasteiger partial charge < -0.3 is 19.4 Å². The van der Waals surface area contributed by atoms with E-state index in [0.717, 1.165) is 58.3 Å². The zero-order chi connectivity index (χ0) is 20.8. The van der Waals surface area contributed by atoms with Gasteiger partial charge in [0.05, 0.1) is 6.61 Å². The first kappa shape index (κ1) is 20.8. The lowest BCUT2D eigenvalue weighted by atomic mass is 9.64. The average Bonchev–Trinajstić information content (AvgIpc) is 3.06. The van der Waals surface area contributed by atoms with Crippen molar-refractivity contribution in [1.82, 2.24) is 14.7 Å². The largest absolute Gasteiger partial charge is 0.450 e. The third kappa shape index (κ3) is 4.09. The van der Waals surface area contributed by atoms with Crippen LogP contribution in [0.3, 0.4) is 0 Å². The van der Waals surface area contributed by atoms with E-state index in [2.05, 4.69) is 4.90 Å². The van der Waals surface area contributed by atoms with Crippen LogP contribution in [0.2, 0.25) is 0 Å². The van der Waals surface area contributed by atoms with Crippen LogP contribution in [-0.4, -0.2) is 83.5 Å². The van der Waals surface area contributed by atoms with Gasteiger partial charge in [0.25, 0.3) is 5.92 Å². The molecule has 2 heterocycles. The van der Waals surface area contributed by atoms with Crippen molar-refractivity contribution in [3.63, 3.8) is 0 Å². The number of rotatable bonds is 4. The number of alkyl halides is 2. The third-order valence-electron chi connectivity index (χ3n) is 7.54. The number of nitrogens with zero attached hydrogens (tertiary/aromatic N) is 3. The second kappa shape index (κ2) is 7.67. The molecular weight excluding hydrogens is 380 g/mol. The van der Waals surface area contributed by atoms with Crippen LogP contribution in [-0.2, 0) is 9.53 Å². The normalized spacial score (nSPS) is 27.5. The summed E-state index contributed by atoms with van der Waals surface area (Å²) in [5.41, 5.74) is 0.247. The van der Waals surface area contributed by atoms with Crippen LogP contribution in [0.1, 0.15) is 58.8 Å². The van der Waals surface area contributed by atoms with Gasteiger partial charge in [0.1, 0.15) is 0 Å². The summed E-state index contributed by atoms with van der Waals surface area (Å²) in [6.45, 7) is 7.17. The summed E-state index contributed by atoms with van der Waals surface area (Å²) in [5.74, 6) is -2.67. The van der Waals surface area contributed by atoms with Gasteiger partial charge in [-0.05, 0) is 44.4 Å². The Hall–Kier alpha value is -1.44. The molecule has 1 spiro atoms. The number of amides is 2. The highest BCUT2D eigenvalue weighted by molar-refractivity contribution is 5.74. The fraction of sp³-hybridized carbons (Fsp3) is 0.905. The van der Waals surface area contributed by atoms with E-state index in [4.69, 9.17) is 4.74 Å². The number of halogens is 2. The third-order valence-corrected chi connectivity index (χ3v) is 7.54. The van der Waals surface area contributed by atoms with Crippen molar-refractivity contribution in [2.75, 3.05) is 32.8 Å². The Bertz CT molecular complexity index is 637. The molecule has 0 aromatic heterocycles. The second-order valence-corrected chi connectivity index (χ2v) is 9.54. The van der Waals surface area contributed by atoms with Gasteiger partial charge in [-0.1, -0.05) is 0 Å². The maximum absolute atomic E-state index is 13.3. The quantitative estimate of drug-likeness (QED) is 0.711. The van der Waals surface area contributed by atoms with Crippen LogP contribution >= 0.6 is 0 Å². The zero-order valence-corrected chi connectivity index (χ0v) is 17.5. The van der Waals surface area contributed by atoms with Gasteiger partial charge >= 0.3 is 6.09 Å². The van der Waals surface area contributed by atoms with Gasteiger partial charge in [-0.15, -0.1) is 0 Å². The van der Waals surface area contributed by atoms with Crippen molar-refractivity contribution in [1.29, 1.82) is 0 Å². The SMILES string of the molecule is CCOC(=O)N1CCC2(CC(N3CCC(N(C(C)=O)C4CC(F)(F)C4)CC3)C2)C1. The van der Waals surface area contributed by atoms with Crippen LogP contribution in [0.4, 0.5) is 13.6 Å². The van der Waals surface area contributed by atoms with Gasteiger partial charge in [-0.3, -0.25) is 4.79 Å². The van der Waals surface area contributed by atoms with E-state index in [-0.39, 0.29) is 42.3 Å². The van der Waals surface area contributed by atoms with Crippen LogP contribution in [0.15, 0.2) is 0 Å². The maximum Gasteiger partial charge on any atom is 0.409 e. The number of carbonyl (C=O) groups excluding carboxylic acids is 2. The Morgan fingerprint density at radius 2 is 1.72 bits per heavy atom. The van der Waals surface area contributed by atoms with Gasteiger partial charge in [-0.2, -0.15) is 0 Å². The average molecular weight is 414 g/mol. The van der Waals surface area contributed by atoms with E-state index in [1.54, 1.807) is 4.90 Å². The Morgan fingerprint density at radius 3 is 2.28 bits per heavy atom. The number of piperidine rings is 1. The molecule has 2 saturated carbocycles. The molecule has 4 rings (SSSR count). The lowest BCUT2D eigenvalue weighted by Gasteiger charge is -2.53. The maximum atomic E-state index is 13.3. The predicted octanol–water partition coefficient (Wildman–Crippen LogP) is 3.11. The molecule has 2 aliphatic heterocycles. The number of hydrogen-bond acceptors (Lipinski definition) is 4. The molecule has 6 nitrogen and oxygen atoms in total. The highest BCUT2D eigenvalue weighted by Gasteiger charge is 2.53. The van der Waals surface area contributed by atoms with E-state index in [1.165, 1.54) is 6.92 Å². The van der Waals surface area contributed by atoms with Crippen molar-refractivity contribution in [2.45, 2.75) is 82.8 Å². The number of likely N-dealkylation sites (tertiary alicyclic amines) is 2. The molecule has 29 heavy (non-hydrogen) atoms. The molecule has 4 fully saturated rings. The molecule has 0 aromatic rings. The van der Waals surface area contributed by atoms with Crippen LogP contribution in [0.5, 0.6) is 0 Å². The highest BCUT2D eigenvalue weighted by Crippen LogP contribution is 2.51. The zero-order valence-electron chi connectivity index (χ0n) is 17.5. The van der Waals surface area contributed by atoms with Gasteiger partial charge in [0.15, 0.2) is 0 Å². The standard InChI is InChI=1S/C21H33F2N3O3/c1-3-29-19(28)25-9-6-20(14-25)10-17(11-20)24-7-4-16(5-8-24)26(15(2)27)18-12-21(22,23)13-18/h16-18H,3-14H2,1-2H3. The molecule has 2 amide bonds. The summed E-state index contributed by atoms with van der Waals surface area (Å²) in [6.07, 6.45) is 4.42. The summed E-state index contributed by atoms with van der Waals surface area (Å²) >= 11 is 0. The van der Waals surface area contributed by atoms with E-state index in [0.29, 0.717) is 12.6 Å². The number of ether oxygens (including phenoxy) is 1. The topological polar surface area (TPSA) is 53.1 Å². The minimum Gasteiger partial charge on any atom is -0.450 e. The molecule has 0 atom stereocenters. The predicted molar refractivity (Wildman–Crippen MR) is 104 cm³/mol. The fourth-order valence-corrected chi connectivity index (χ4v) is 6.00. The molecule has 8 heteroatoms. The molecule has 0 N–H and O–H groups in total. The van der Waals surface area contributed by atoms with E-state index < -0.39 is 5.92 Å². The second-order valence-electron chi connectivity index (χ2n) is 9.54. The Morgan fingerprint density at radius 1 is 1.07 bits per heavy atom. The van der Waals surface area contributed by atoms with Crippen molar-refractivity contribution in [3.8, 4) is 0 Å². The first-order valence-corrected chi connectivity index (χ1v) is 11.0. The van der Waals surface area contributed by atoms with Crippen LogP contribution in [0, 0.1) is 5.41 Å². The van der Waals surface area contributed by atoms with E-state index >= 15 is 0 Å². The van der Waals surface area contributed by atoms with Crippen molar-refractivity contribution < 1.29 is 23.1 Å². The summed E-state index contributed by atoms with van der Waals surface area (Å²) < 4.78 is 31.7. The molecular formula is C21H33F2N3O3. The minimum absolute atomic E-state index is 0.0726.